The number of nitrogens with zero attached hydrogens (tertiary/aromatic N) is 1. The number of anilines is 1. The number of hydrogen-bond acceptors (Lipinski definition) is 3. The molecule has 24 heavy (non-hydrogen) atoms. The number of pyridine rings is 1. The van der Waals surface area contributed by atoms with E-state index < -0.39 is 0 Å². The third-order valence-corrected chi connectivity index (χ3v) is 5.31. The van der Waals surface area contributed by atoms with Crippen LogP contribution in [0, 0.1) is 0 Å². The maximum atomic E-state index is 12.2. The number of fused-ring (bicyclic) bond motifs is 2. The monoisotopic (exact) mass is 334 g/mol. The molecule has 0 saturated carbocycles. The molecule has 0 bridgehead atoms. The lowest BCUT2D eigenvalue weighted by Gasteiger charge is -2.07. The Kier molecular flexibility index (Phi) is 4.22. The highest BCUT2D eigenvalue weighted by Gasteiger charge is 2.12. The molecule has 1 heterocycles. The number of amides is 1. The first kappa shape index (κ1) is 15.2. The number of thioether (sulfide) groups is 1. The van der Waals surface area contributed by atoms with E-state index in [0.717, 1.165) is 16.6 Å². The molecule has 0 atom stereocenters. The summed E-state index contributed by atoms with van der Waals surface area (Å²) in [5.41, 5.74) is 4.58. The Hall–Kier alpha value is -2.33. The molecule has 1 aromatic heterocycles. The van der Waals surface area contributed by atoms with Crippen LogP contribution in [0.4, 0.5) is 5.69 Å². The SMILES string of the molecule is O=C(CSc1ccc2c(c1)CCC2)Nc1cnc2ccccc2c1. The van der Waals surface area contributed by atoms with Crippen molar-refractivity contribution >= 4 is 34.3 Å². The summed E-state index contributed by atoms with van der Waals surface area (Å²) >= 11 is 1.58. The summed E-state index contributed by atoms with van der Waals surface area (Å²) in [4.78, 5) is 17.7. The molecule has 4 heteroatoms. The normalized spacial score (nSPS) is 13.0. The van der Waals surface area contributed by atoms with Gasteiger partial charge in [0.15, 0.2) is 0 Å². The molecule has 0 spiro atoms. The van der Waals surface area contributed by atoms with E-state index in [1.165, 1.54) is 35.3 Å². The first-order valence-electron chi connectivity index (χ1n) is 8.17. The third-order valence-electron chi connectivity index (χ3n) is 4.31. The molecule has 2 aromatic carbocycles. The number of para-hydroxylation sites is 1. The fourth-order valence-corrected chi connectivity index (χ4v) is 3.88. The molecule has 1 amide bonds. The molecular weight excluding hydrogens is 316 g/mol. The zero-order valence-electron chi connectivity index (χ0n) is 13.3. The lowest BCUT2D eigenvalue weighted by molar-refractivity contribution is -0.113. The maximum absolute atomic E-state index is 12.2. The van der Waals surface area contributed by atoms with Gasteiger partial charge >= 0.3 is 0 Å². The van der Waals surface area contributed by atoms with Crippen LogP contribution in [0.25, 0.3) is 10.9 Å². The number of hydrogen-bond donors (Lipinski definition) is 1. The van der Waals surface area contributed by atoms with Crippen LogP contribution in [0.15, 0.2) is 59.6 Å². The van der Waals surface area contributed by atoms with Gasteiger partial charge in [-0.15, -0.1) is 11.8 Å². The topological polar surface area (TPSA) is 42.0 Å². The molecule has 1 aliphatic carbocycles. The second-order valence-electron chi connectivity index (χ2n) is 6.04. The third kappa shape index (κ3) is 3.29. The first-order chi connectivity index (χ1) is 11.8. The van der Waals surface area contributed by atoms with Crippen LogP contribution in [0.3, 0.4) is 0 Å². The van der Waals surface area contributed by atoms with Crippen molar-refractivity contribution in [2.45, 2.75) is 24.2 Å². The number of rotatable bonds is 4. The summed E-state index contributed by atoms with van der Waals surface area (Å²) in [6.07, 6.45) is 5.31. The van der Waals surface area contributed by atoms with E-state index in [4.69, 9.17) is 0 Å². The molecule has 0 saturated heterocycles. The number of aromatic nitrogens is 1. The van der Waals surface area contributed by atoms with Crippen molar-refractivity contribution in [2.24, 2.45) is 0 Å². The lowest BCUT2D eigenvalue weighted by atomic mass is 10.1. The summed E-state index contributed by atoms with van der Waals surface area (Å²) in [6, 6.07) is 16.4. The molecule has 0 unspecified atom stereocenters. The van der Waals surface area contributed by atoms with Crippen molar-refractivity contribution in [2.75, 3.05) is 11.1 Å². The smallest absolute Gasteiger partial charge is 0.234 e. The van der Waals surface area contributed by atoms with E-state index in [1.54, 1.807) is 18.0 Å². The minimum atomic E-state index is -0.00224. The highest BCUT2D eigenvalue weighted by atomic mass is 32.2. The molecular formula is C20H18N2OS. The summed E-state index contributed by atoms with van der Waals surface area (Å²) in [6.45, 7) is 0. The number of benzene rings is 2. The molecule has 0 radical (unpaired) electrons. The zero-order valence-corrected chi connectivity index (χ0v) is 14.1. The van der Waals surface area contributed by atoms with E-state index in [9.17, 15) is 4.79 Å². The summed E-state index contributed by atoms with van der Waals surface area (Å²) in [5.74, 6) is 0.406. The van der Waals surface area contributed by atoms with E-state index in [-0.39, 0.29) is 5.91 Å². The summed E-state index contributed by atoms with van der Waals surface area (Å²) in [7, 11) is 0. The van der Waals surface area contributed by atoms with Crippen LogP contribution in [-0.2, 0) is 17.6 Å². The quantitative estimate of drug-likeness (QED) is 0.717. The van der Waals surface area contributed by atoms with Gasteiger partial charge in [0.2, 0.25) is 5.91 Å². The lowest BCUT2D eigenvalue weighted by Crippen LogP contribution is -2.14. The molecule has 0 aliphatic heterocycles. The molecule has 4 rings (SSSR count). The fourth-order valence-electron chi connectivity index (χ4n) is 3.12. The minimum absolute atomic E-state index is 0.00224. The predicted octanol–water partition coefficient (Wildman–Crippen LogP) is 4.45. The average molecular weight is 334 g/mol. The number of carbonyl (C=O) groups is 1. The highest BCUT2D eigenvalue weighted by molar-refractivity contribution is 8.00. The predicted molar refractivity (Wildman–Crippen MR) is 99.6 cm³/mol. The number of carbonyl (C=O) groups excluding carboxylic acids is 1. The van der Waals surface area contributed by atoms with Crippen molar-refractivity contribution in [1.82, 2.24) is 4.98 Å². The maximum Gasteiger partial charge on any atom is 0.234 e. The van der Waals surface area contributed by atoms with Gasteiger partial charge in [-0.05, 0) is 54.7 Å². The molecule has 0 fully saturated rings. The largest absolute Gasteiger partial charge is 0.324 e. The van der Waals surface area contributed by atoms with Gasteiger partial charge in [-0.1, -0.05) is 24.3 Å². The van der Waals surface area contributed by atoms with Gasteiger partial charge in [0.1, 0.15) is 0 Å². The van der Waals surface area contributed by atoms with E-state index in [0.29, 0.717) is 5.75 Å². The average Bonchev–Trinajstić information content (AvgIpc) is 3.07. The van der Waals surface area contributed by atoms with E-state index >= 15 is 0 Å². The molecule has 1 aliphatic rings. The van der Waals surface area contributed by atoms with Crippen molar-refractivity contribution in [3.8, 4) is 0 Å². The van der Waals surface area contributed by atoms with Crippen LogP contribution in [-0.4, -0.2) is 16.6 Å². The Morgan fingerprint density at radius 1 is 1.08 bits per heavy atom. The molecule has 3 nitrogen and oxygen atoms in total. The van der Waals surface area contributed by atoms with Gasteiger partial charge in [-0.25, -0.2) is 0 Å². The highest BCUT2D eigenvalue weighted by Crippen LogP contribution is 2.27. The van der Waals surface area contributed by atoms with Crippen molar-refractivity contribution < 1.29 is 4.79 Å². The first-order valence-corrected chi connectivity index (χ1v) is 9.16. The molecule has 1 N–H and O–H groups in total. The zero-order chi connectivity index (χ0) is 16.4. The van der Waals surface area contributed by atoms with Crippen LogP contribution in [0.2, 0.25) is 0 Å². The molecule has 3 aromatic rings. The van der Waals surface area contributed by atoms with E-state index in [2.05, 4.69) is 28.5 Å². The van der Waals surface area contributed by atoms with Crippen molar-refractivity contribution in [3.63, 3.8) is 0 Å². The number of aryl methyl sites for hydroxylation is 2. The Balaban J connectivity index is 1.39. The van der Waals surface area contributed by atoms with Gasteiger partial charge in [-0.2, -0.15) is 0 Å². The fraction of sp³-hybridized carbons (Fsp3) is 0.200. The van der Waals surface area contributed by atoms with Crippen molar-refractivity contribution in [3.05, 3.63) is 65.9 Å². The van der Waals surface area contributed by atoms with Gasteiger partial charge in [0.05, 0.1) is 23.2 Å². The van der Waals surface area contributed by atoms with Gasteiger partial charge in [-0.3, -0.25) is 9.78 Å². The Morgan fingerprint density at radius 3 is 2.92 bits per heavy atom. The second kappa shape index (κ2) is 6.65. The van der Waals surface area contributed by atoms with E-state index in [1.807, 2.05) is 30.3 Å². The van der Waals surface area contributed by atoms with Crippen LogP contribution < -0.4 is 5.32 Å². The van der Waals surface area contributed by atoms with Gasteiger partial charge in [0, 0.05) is 10.3 Å². The van der Waals surface area contributed by atoms with Crippen LogP contribution in [0.1, 0.15) is 17.5 Å². The van der Waals surface area contributed by atoms with Crippen LogP contribution >= 0.6 is 11.8 Å². The summed E-state index contributed by atoms with van der Waals surface area (Å²) < 4.78 is 0. The standard InChI is InChI=1S/C20H18N2OS/c23-20(13-24-18-9-8-14-5-3-6-15(14)11-18)22-17-10-16-4-1-2-7-19(16)21-12-17/h1-2,4,7-12H,3,5-6,13H2,(H,22,23). The van der Waals surface area contributed by atoms with Gasteiger partial charge in [0.25, 0.3) is 0 Å². The Labute approximate surface area is 145 Å². The minimum Gasteiger partial charge on any atom is -0.324 e. The molecule has 120 valence electrons. The summed E-state index contributed by atoms with van der Waals surface area (Å²) in [5, 5.41) is 3.96. The van der Waals surface area contributed by atoms with Crippen LogP contribution in [0.5, 0.6) is 0 Å². The van der Waals surface area contributed by atoms with Crippen molar-refractivity contribution in [1.29, 1.82) is 0 Å². The second-order valence-corrected chi connectivity index (χ2v) is 7.09. The van der Waals surface area contributed by atoms with Gasteiger partial charge < -0.3 is 5.32 Å². The Morgan fingerprint density at radius 2 is 1.96 bits per heavy atom. The Bertz CT molecular complexity index is 907. The number of nitrogens with one attached hydrogen (secondary N) is 1.